The first kappa shape index (κ1) is 94.4. The van der Waals surface area contributed by atoms with Gasteiger partial charge in [-0.3, -0.25) is 42.9 Å². The molecule has 2 fully saturated rings. The molecule has 2 atom stereocenters. The first-order chi connectivity index (χ1) is 59.9. The van der Waals surface area contributed by atoms with Crippen LogP contribution in [0.4, 0.5) is 5.82 Å². The summed E-state index contributed by atoms with van der Waals surface area (Å²) in [7, 11) is 13.6. The number of anilines is 1. The van der Waals surface area contributed by atoms with Crippen molar-refractivity contribution in [3.8, 4) is 0 Å². The van der Waals surface area contributed by atoms with E-state index in [1.54, 1.807) is 15.6 Å². The molecule has 0 saturated carbocycles. The average Bonchev–Trinajstić information content (AvgIpc) is 1.66. The van der Waals surface area contributed by atoms with Crippen LogP contribution in [0.25, 0.3) is 87.9 Å². The Bertz CT molecular complexity index is 6140. The second kappa shape index (κ2) is 42.2. The molecular weight excluding hydrogens is 1560 g/mol. The van der Waals surface area contributed by atoms with Crippen molar-refractivity contribution in [2.24, 2.45) is 49.3 Å². The van der Waals surface area contributed by atoms with Gasteiger partial charge in [-0.1, -0.05) is 145 Å². The second-order valence-electron chi connectivity index (χ2n) is 36.6. The first-order valence-electron chi connectivity index (χ1n) is 44.8. The SMILES string of the molecule is CC(C)N1CC(c2ccc3c(cnn3C)c2)CC1=O.CC(C)N1CCC(c2ccccc2)C1.CC(C)c1ccc2c(c1)c(N)nn2C.CC(C)c1ccc2c(cnn2C)c1.CC(C)c1cnc2c(cnn2C)c1.CC(C)c1cnc2cn(C)nc2c1.CC(C)c1cnc2cnn(C)c2c1.Cc1c[nH]c2ncc(C(C)C)cc12.Cc1cn(C)c2ncc(C(C)C)cc12. The van der Waals surface area contributed by atoms with Crippen LogP contribution in [0.15, 0.2) is 190 Å². The van der Waals surface area contributed by atoms with E-state index >= 15 is 0 Å². The van der Waals surface area contributed by atoms with Crippen molar-refractivity contribution in [3.63, 3.8) is 0 Å². The molecule has 2 saturated heterocycles. The number of fused-ring (bicyclic) bond motifs is 8. The van der Waals surface area contributed by atoms with Gasteiger partial charge in [0, 0.05) is 163 Å². The van der Waals surface area contributed by atoms with Crippen LogP contribution in [0.2, 0.25) is 0 Å². The van der Waals surface area contributed by atoms with Crippen LogP contribution < -0.4 is 5.73 Å². The molecule has 13 aromatic heterocycles. The van der Waals surface area contributed by atoms with E-state index in [1.165, 1.54) is 102 Å². The third kappa shape index (κ3) is 23.5. The quantitative estimate of drug-likeness (QED) is 0.122. The van der Waals surface area contributed by atoms with Gasteiger partial charge >= 0.3 is 0 Å². The van der Waals surface area contributed by atoms with Crippen molar-refractivity contribution >= 4 is 99.6 Å². The largest absolute Gasteiger partial charge is 0.382 e. The first-order valence-corrected chi connectivity index (χ1v) is 44.8. The van der Waals surface area contributed by atoms with E-state index in [0.717, 1.165) is 78.7 Å². The number of hydrogen-bond donors (Lipinski definition) is 2. The molecule has 2 unspecified atom stereocenters. The highest BCUT2D eigenvalue weighted by atomic mass is 16.2. The summed E-state index contributed by atoms with van der Waals surface area (Å²) in [6, 6.07) is 42.0. The number of benzene rings is 4. The molecule has 0 spiro atoms. The lowest BCUT2D eigenvalue weighted by Gasteiger charge is -2.21. The molecule has 4 aromatic carbocycles. The molecule has 15 heterocycles. The number of aryl methyl sites for hydroxylation is 9. The van der Waals surface area contributed by atoms with E-state index in [-0.39, 0.29) is 5.91 Å². The monoisotopic (exact) mass is 1700 g/mol. The number of carbonyl (C=O) groups is 1. The summed E-state index contributed by atoms with van der Waals surface area (Å²) in [6.45, 7) is 46.8. The molecule has 3 N–H and O–H groups in total. The maximum Gasteiger partial charge on any atom is 0.223 e. The van der Waals surface area contributed by atoms with E-state index in [9.17, 15) is 4.79 Å². The number of nitrogens with zero attached hydrogens (tertiary/aromatic N) is 20. The van der Waals surface area contributed by atoms with Gasteiger partial charge in [-0.05, 0) is 230 Å². The number of hydrogen-bond acceptors (Lipinski definition) is 14. The minimum Gasteiger partial charge on any atom is -0.382 e. The molecule has 664 valence electrons. The fraction of sp³-hybridized carbons (Fsp3) is 0.417. The Kier molecular flexibility index (Phi) is 31.6. The van der Waals surface area contributed by atoms with Gasteiger partial charge in [-0.15, -0.1) is 0 Å². The summed E-state index contributed by atoms with van der Waals surface area (Å²) < 4.78 is 13.1. The third-order valence-corrected chi connectivity index (χ3v) is 24.1. The Hall–Kier alpha value is -12.2. The number of aromatic nitrogens is 19. The second-order valence-corrected chi connectivity index (χ2v) is 36.6. The Morgan fingerprint density at radius 3 is 1.49 bits per heavy atom. The predicted molar refractivity (Wildman–Crippen MR) is 522 cm³/mol. The molecular formula is C103H136N22O. The van der Waals surface area contributed by atoms with Crippen LogP contribution in [0.1, 0.15) is 252 Å². The summed E-state index contributed by atoms with van der Waals surface area (Å²) in [6.07, 6.45) is 25.2. The van der Waals surface area contributed by atoms with E-state index in [2.05, 4.69) is 330 Å². The summed E-state index contributed by atoms with van der Waals surface area (Å²) >= 11 is 0. The number of nitrogen functional groups attached to an aromatic ring is 1. The Labute approximate surface area is 745 Å². The number of rotatable bonds is 11. The molecule has 23 nitrogen and oxygen atoms in total. The molecule has 19 rings (SSSR count). The average molecular weight is 1700 g/mol. The van der Waals surface area contributed by atoms with Gasteiger partial charge in [0.15, 0.2) is 11.5 Å². The highest BCUT2D eigenvalue weighted by molar-refractivity contribution is 5.90. The number of nitrogens with two attached hydrogens (primary N) is 1. The van der Waals surface area contributed by atoms with Crippen LogP contribution in [-0.2, 0) is 54.1 Å². The van der Waals surface area contributed by atoms with Crippen LogP contribution in [0, 0.1) is 13.8 Å². The zero-order valence-corrected chi connectivity index (χ0v) is 79.7. The molecule has 126 heavy (non-hydrogen) atoms. The standard InChI is InChI=1S/C15H19N3O.C13H19N.C12H16N2.C11H15N3.2C11H14N2.3C10H13N3/c1-10(2)18-9-13(7-15(18)19)11-4-5-14-12(6-11)8-16-17(14)3;1-11(2)14-9-8-13(10-14)12-6-4-3-5-7-12;1-8(2)10-5-11-9(3)7-14(4)12(11)13-6-10;1-7(2)8-4-5-10-9(6-8)11(12)13-14(10)3;1-7(2)9-4-10-8(3)5-12-11(10)13-6-9;1-8(2)9-4-5-11-10(6-9)7-12-13(11)3;1-7(2)8-4-10-9(11-5-8)6-12-13(10)3;1-7(2)8-4-9-10(11-5-8)6-13(3)12-9;1-7(2)8-4-9-6-12-13(3)10(9)11-5-8/h4-6,8,10,13H,7,9H2,1-3H3;3-7,11,13H,8-10H2,1-2H3;5-8H,1-4H3;4-7H,1-3H3,(H2,12,13);4-7H,1-3H3,(H,12,13);4-8H,1-3H3;3*4-7H,1-3H3. The number of amides is 1. The van der Waals surface area contributed by atoms with Crippen LogP contribution in [-0.4, -0.2) is 141 Å². The molecule has 0 aliphatic carbocycles. The highest BCUT2D eigenvalue weighted by Crippen LogP contribution is 2.34. The van der Waals surface area contributed by atoms with Crippen molar-refractivity contribution in [2.75, 3.05) is 25.4 Å². The molecule has 2 aliphatic rings. The Morgan fingerprint density at radius 2 is 0.889 bits per heavy atom. The van der Waals surface area contributed by atoms with Crippen molar-refractivity contribution < 1.29 is 4.79 Å². The smallest absolute Gasteiger partial charge is 0.223 e. The van der Waals surface area contributed by atoms with Crippen molar-refractivity contribution in [3.05, 3.63) is 251 Å². The fourth-order valence-corrected chi connectivity index (χ4v) is 15.7. The summed E-state index contributed by atoms with van der Waals surface area (Å²) in [5.41, 5.74) is 30.6. The topological polar surface area (TPSA) is 242 Å². The molecule has 1 amide bonds. The molecule has 17 aromatic rings. The lowest BCUT2D eigenvalue weighted by Crippen LogP contribution is -2.31. The summed E-state index contributed by atoms with van der Waals surface area (Å²) in [5.74, 6) is 5.73. The molecule has 0 radical (unpaired) electrons. The van der Waals surface area contributed by atoms with Crippen molar-refractivity contribution in [1.29, 1.82) is 0 Å². The number of nitrogens with one attached hydrogen (secondary N) is 1. The van der Waals surface area contributed by atoms with Crippen LogP contribution in [0.3, 0.4) is 0 Å². The van der Waals surface area contributed by atoms with Gasteiger partial charge in [0.1, 0.15) is 27.8 Å². The van der Waals surface area contributed by atoms with Gasteiger partial charge in [0.05, 0.1) is 53.1 Å². The summed E-state index contributed by atoms with van der Waals surface area (Å²) in [5, 5.41) is 32.3. The maximum atomic E-state index is 12.0. The Morgan fingerprint density at radius 1 is 0.389 bits per heavy atom. The van der Waals surface area contributed by atoms with Gasteiger partial charge in [-0.25, -0.2) is 15.0 Å². The van der Waals surface area contributed by atoms with E-state index < -0.39 is 0 Å². The van der Waals surface area contributed by atoms with Crippen LogP contribution >= 0.6 is 0 Å². The lowest BCUT2D eigenvalue weighted by atomic mass is 9.97. The van der Waals surface area contributed by atoms with E-state index in [4.69, 9.17) is 5.73 Å². The van der Waals surface area contributed by atoms with Gasteiger partial charge in [0.2, 0.25) is 5.91 Å². The zero-order chi connectivity index (χ0) is 91.2. The lowest BCUT2D eigenvalue weighted by molar-refractivity contribution is -0.129. The number of aromatic amines is 1. The van der Waals surface area contributed by atoms with Crippen molar-refractivity contribution in [1.82, 2.24) is 103 Å². The number of carbonyl (C=O) groups excluding carboxylic acids is 1. The number of likely N-dealkylation sites (tertiary alicyclic amines) is 2. The number of pyridine rings is 5. The molecule has 23 heteroatoms. The predicted octanol–water partition coefficient (Wildman–Crippen LogP) is 22.4. The highest BCUT2D eigenvalue weighted by Gasteiger charge is 2.32. The minimum absolute atomic E-state index is 0.270. The zero-order valence-electron chi connectivity index (χ0n) is 79.7. The Balaban J connectivity index is 0.000000138. The fourth-order valence-electron chi connectivity index (χ4n) is 15.7. The van der Waals surface area contributed by atoms with Gasteiger partial charge in [-0.2, -0.15) is 30.6 Å². The summed E-state index contributed by atoms with van der Waals surface area (Å²) in [4.78, 5) is 41.6. The van der Waals surface area contributed by atoms with E-state index in [0.29, 0.717) is 71.7 Å². The normalized spacial score (nSPS) is 14.0. The minimum atomic E-state index is 0.270. The molecule has 0 bridgehead atoms. The van der Waals surface area contributed by atoms with Crippen LogP contribution in [0.5, 0.6) is 0 Å². The van der Waals surface area contributed by atoms with E-state index in [1.807, 2.05) is 135 Å². The van der Waals surface area contributed by atoms with Crippen molar-refractivity contribution in [2.45, 2.75) is 217 Å². The third-order valence-electron chi connectivity index (χ3n) is 24.1. The van der Waals surface area contributed by atoms with Gasteiger partial charge < -0.3 is 25.1 Å². The van der Waals surface area contributed by atoms with Gasteiger partial charge in [0.25, 0.3) is 0 Å². The molecule has 2 aliphatic heterocycles. The number of H-pyrrole nitrogens is 1. The maximum absolute atomic E-state index is 12.0.